The first-order valence-electron chi connectivity index (χ1n) is 6.07. The summed E-state index contributed by atoms with van der Waals surface area (Å²) >= 11 is 7.53. The zero-order valence-corrected chi connectivity index (χ0v) is 12.0. The zero-order chi connectivity index (χ0) is 13.1. The summed E-state index contributed by atoms with van der Waals surface area (Å²) in [5, 5.41) is 0. The Morgan fingerprint density at radius 2 is 2.11 bits per heavy atom. The molecule has 1 atom stereocenters. The number of halogens is 1. The molecule has 2 heterocycles. The van der Waals surface area contributed by atoms with E-state index < -0.39 is 6.04 Å². The monoisotopic (exact) mass is 287 g/mol. The van der Waals surface area contributed by atoms with Crippen LogP contribution in [0.1, 0.15) is 11.8 Å². The SMILES string of the molecule is C[C@@H](N)C(=O)N1CCN(Cc2ccc(Cl)s2)CC1. The lowest BCUT2D eigenvalue weighted by molar-refractivity contribution is -0.134. The molecule has 1 aliphatic heterocycles. The van der Waals surface area contributed by atoms with Crippen LogP contribution in [-0.4, -0.2) is 47.9 Å². The number of carbonyl (C=O) groups is 1. The second-order valence-electron chi connectivity index (χ2n) is 4.60. The van der Waals surface area contributed by atoms with E-state index in [1.165, 1.54) is 4.88 Å². The van der Waals surface area contributed by atoms with Gasteiger partial charge >= 0.3 is 0 Å². The summed E-state index contributed by atoms with van der Waals surface area (Å²) in [5.41, 5.74) is 5.61. The Hall–Kier alpha value is -0.620. The molecular formula is C12H18ClN3OS. The van der Waals surface area contributed by atoms with Crippen molar-refractivity contribution in [3.05, 3.63) is 21.3 Å². The smallest absolute Gasteiger partial charge is 0.239 e. The van der Waals surface area contributed by atoms with E-state index in [-0.39, 0.29) is 5.91 Å². The summed E-state index contributed by atoms with van der Waals surface area (Å²) < 4.78 is 0.829. The van der Waals surface area contributed by atoms with E-state index in [1.807, 2.05) is 11.0 Å². The number of carbonyl (C=O) groups excluding carboxylic acids is 1. The molecule has 1 fully saturated rings. The van der Waals surface area contributed by atoms with E-state index >= 15 is 0 Å². The molecule has 0 radical (unpaired) electrons. The van der Waals surface area contributed by atoms with Gasteiger partial charge in [0.15, 0.2) is 0 Å². The van der Waals surface area contributed by atoms with E-state index in [9.17, 15) is 4.79 Å². The van der Waals surface area contributed by atoms with E-state index in [4.69, 9.17) is 17.3 Å². The van der Waals surface area contributed by atoms with Gasteiger partial charge in [-0.2, -0.15) is 0 Å². The van der Waals surface area contributed by atoms with Gasteiger partial charge in [0.2, 0.25) is 5.91 Å². The summed E-state index contributed by atoms with van der Waals surface area (Å²) in [6.07, 6.45) is 0. The van der Waals surface area contributed by atoms with Gasteiger partial charge in [0, 0.05) is 37.6 Å². The molecule has 18 heavy (non-hydrogen) atoms. The molecule has 1 aromatic heterocycles. The Morgan fingerprint density at radius 1 is 1.44 bits per heavy atom. The molecule has 0 unspecified atom stereocenters. The van der Waals surface area contributed by atoms with Crippen molar-refractivity contribution in [3.8, 4) is 0 Å². The standard InChI is InChI=1S/C12H18ClN3OS/c1-9(14)12(17)16-6-4-15(5-7-16)8-10-2-3-11(13)18-10/h2-3,9H,4-8,14H2,1H3/t9-/m1/s1. The number of hydrogen-bond acceptors (Lipinski definition) is 4. The number of hydrogen-bond donors (Lipinski definition) is 1. The number of nitrogens with two attached hydrogens (primary N) is 1. The number of thiophene rings is 1. The Bertz CT molecular complexity index is 413. The van der Waals surface area contributed by atoms with Crippen LogP contribution in [0.5, 0.6) is 0 Å². The quantitative estimate of drug-likeness (QED) is 0.914. The first-order valence-corrected chi connectivity index (χ1v) is 7.26. The third-order valence-corrected chi connectivity index (χ3v) is 4.30. The molecule has 0 saturated carbocycles. The highest BCUT2D eigenvalue weighted by molar-refractivity contribution is 7.16. The molecule has 0 aromatic carbocycles. The van der Waals surface area contributed by atoms with Crippen molar-refractivity contribution in [1.29, 1.82) is 0 Å². The second kappa shape index (κ2) is 6.02. The minimum atomic E-state index is -0.396. The maximum atomic E-state index is 11.7. The van der Waals surface area contributed by atoms with Crippen LogP contribution in [0.25, 0.3) is 0 Å². The molecule has 0 bridgehead atoms. The predicted molar refractivity (Wildman–Crippen MR) is 74.8 cm³/mol. The normalized spacial score (nSPS) is 18.9. The van der Waals surface area contributed by atoms with Gasteiger partial charge in [-0.25, -0.2) is 0 Å². The summed E-state index contributed by atoms with van der Waals surface area (Å²) in [6.45, 7) is 5.97. The van der Waals surface area contributed by atoms with Gasteiger partial charge in [-0.3, -0.25) is 9.69 Å². The topological polar surface area (TPSA) is 49.6 Å². The zero-order valence-electron chi connectivity index (χ0n) is 10.4. The van der Waals surface area contributed by atoms with Crippen molar-refractivity contribution in [3.63, 3.8) is 0 Å². The summed E-state index contributed by atoms with van der Waals surface area (Å²) in [7, 11) is 0. The fourth-order valence-corrected chi connectivity index (χ4v) is 3.20. The summed E-state index contributed by atoms with van der Waals surface area (Å²) in [6, 6.07) is 3.59. The Kier molecular flexibility index (Phi) is 4.61. The molecule has 1 aromatic rings. The van der Waals surface area contributed by atoms with E-state index in [1.54, 1.807) is 18.3 Å². The number of nitrogens with zero attached hydrogens (tertiary/aromatic N) is 2. The highest BCUT2D eigenvalue weighted by Crippen LogP contribution is 2.23. The third kappa shape index (κ3) is 3.45. The van der Waals surface area contributed by atoms with Crippen LogP contribution < -0.4 is 5.73 Å². The Labute approximate surface area is 116 Å². The Morgan fingerprint density at radius 3 is 2.61 bits per heavy atom. The van der Waals surface area contributed by atoms with Crippen LogP contribution in [-0.2, 0) is 11.3 Å². The van der Waals surface area contributed by atoms with Crippen molar-refractivity contribution in [1.82, 2.24) is 9.80 Å². The first kappa shape index (κ1) is 13.8. The average molecular weight is 288 g/mol. The lowest BCUT2D eigenvalue weighted by Crippen LogP contribution is -2.52. The molecule has 2 N–H and O–H groups in total. The van der Waals surface area contributed by atoms with Crippen molar-refractivity contribution in [2.45, 2.75) is 19.5 Å². The maximum absolute atomic E-state index is 11.7. The molecule has 2 rings (SSSR count). The van der Waals surface area contributed by atoms with Crippen LogP contribution in [0.2, 0.25) is 4.34 Å². The highest BCUT2D eigenvalue weighted by atomic mass is 35.5. The first-order chi connectivity index (χ1) is 8.56. The number of piperazine rings is 1. The van der Waals surface area contributed by atoms with Gasteiger partial charge in [0.1, 0.15) is 0 Å². The summed E-state index contributed by atoms with van der Waals surface area (Å²) in [5.74, 6) is 0.0498. The maximum Gasteiger partial charge on any atom is 0.239 e. The fraction of sp³-hybridized carbons (Fsp3) is 0.583. The summed E-state index contributed by atoms with van der Waals surface area (Å²) in [4.78, 5) is 17.2. The molecular weight excluding hydrogens is 270 g/mol. The van der Waals surface area contributed by atoms with Crippen LogP contribution in [0.15, 0.2) is 12.1 Å². The third-order valence-electron chi connectivity index (χ3n) is 3.08. The van der Waals surface area contributed by atoms with Crippen molar-refractivity contribution in [2.75, 3.05) is 26.2 Å². The van der Waals surface area contributed by atoms with E-state index in [0.29, 0.717) is 0 Å². The lowest BCUT2D eigenvalue weighted by atomic mass is 10.2. The molecule has 1 amide bonds. The molecule has 6 heteroatoms. The molecule has 0 aliphatic carbocycles. The van der Waals surface area contributed by atoms with Gasteiger partial charge in [-0.05, 0) is 19.1 Å². The second-order valence-corrected chi connectivity index (χ2v) is 6.40. The lowest BCUT2D eigenvalue weighted by Gasteiger charge is -2.35. The van der Waals surface area contributed by atoms with Crippen molar-refractivity contribution < 1.29 is 4.79 Å². The largest absolute Gasteiger partial charge is 0.339 e. The van der Waals surface area contributed by atoms with Crippen LogP contribution in [0.4, 0.5) is 0 Å². The molecule has 100 valence electrons. The van der Waals surface area contributed by atoms with Crippen LogP contribution in [0.3, 0.4) is 0 Å². The molecule has 0 spiro atoms. The van der Waals surface area contributed by atoms with Gasteiger partial charge in [0.25, 0.3) is 0 Å². The molecule has 4 nitrogen and oxygen atoms in total. The van der Waals surface area contributed by atoms with Crippen molar-refractivity contribution in [2.24, 2.45) is 5.73 Å². The minimum Gasteiger partial charge on any atom is -0.339 e. The average Bonchev–Trinajstić information content (AvgIpc) is 2.75. The molecule has 1 aliphatic rings. The van der Waals surface area contributed by atoms with Gasteiger partial charge in [-0.1, -0.05) is 11.6 Å². The van der Waals surface area contributed by atoms with E-state index in [0.717, 1.165) is 37.1 Å². The Balaban J connectivity index is 1.82. The van der Waals surface area contributed by atoms with Crippen molar-refractivity contribution >= 4 is 28.8 Å². The van der Waals surface area contributed by atoms with E-state index in [2.05, 4.69) is 11.0 Å². The predicted octanol–water partition coefficient (Wildman–Crippen LogP) is 1.39. The van der Waals surface area contributed by atoms with Gasteiger partial charge in [0.05, 0.1) is 10.4 Å². The van der Waals surface area contributed by atoms with Gasteiger partial charge in [-0.15, -0.1) is 11.3 Å². The molecule has 1 saturated heterocycles. The highest BCUT2D eigenvalue weighted by Gasteiger charge is 2.23. The number of amides is 1. The fourth-order valence-electron chi connectivity index (χ4n) is 2.07. The minimum absolute atomic E-state index is 0.0498. The number of rotatable bonds is 3. The van der Waals surface area contributed by atoms with Crippen LogP contribution in [0, 0.1) is 0 Å². The van der Waals surface area contributed by atoms with Crippen LogP contribution >= 0.6 is 22.9 Å². The van der Waals surface area contributed by atoms with Gasteiger partial charge < -0.3 is 10.6 Å².